The number of aliphatic imine (C=N–C) groups is 1. The summed E-state index contributed by atoms with van der Waals surface area (Å²) in [5.41, 5.74) is 2.19. The number of guanidine groups is 1. The molecule has 3 rings (SSSR count). The van der Waals surface area contributed by atoms with Crippen LogP contribution in [0.1, 0.15) is 18.3 Å². The molecule has 0 fully saturated rings. The number of rotatable bonds is 7. The molecule has 26 heavy (non-hydrogen) atoms. The van der Waals surface area contributed by atoms with Crippen LogP contribution in [-0.4, -0.2) is 40.2 Å². The number of hydrogen-bond donors (Lipinski definition) is 2. The fraction of sp³-hybridized carbons (Fsp3) is 0.316. The van der Waals surface area contributed by atoms with Crippen molar-refractivity contribution >= 4 is 35.6 Å². The first kappa shape index (κ1) is 20.2. The Hall–Kier alpha value is -2.16. The third-order valence-corrected chi connectivity index (χ3v) is 3.88. The number of fused-ring (bicyclic) bond motifs is 1. The number of halogens is 1. The molecule has 0 atom stereocenters. The molecule has 0 unspecified atom stereocenters. The standard InChI is InChI=1S/C19H24N6.HI/c1-2-20-19(21-13-11-16-8-4-3-5-9-16)22-14-12-18-24-23-17-10-6-7-15-25(17)18;/h3-10,15H,2,11-14H2,1H3,(H2,20,21,22);1H. The highest BCUT2D eigenvalue weighted by atomic mass is 127. The Kier molecular flexibility index (Phi) is 8.33. The number of nitrogens with one attached hydrogen (secondary N) is 2. The Morgan fingerprint density at radius 3 is 2.62 bits per heavy atom. The molecule has 2 heterocycles. The van der Waals surface area contributed by atoms with Gasteiger partial charge < -0.3 is 10.6 Å². The number of benzene rings is 1. The predicted octanol–water partition coefficient (Wildman–Crippen LogP) is 2.69. The molecule has 0 saturated carbocycles. The summed E-state index contributed by atoms with van der Waals surface area (Å²) in [5, 5.41) is 15.1. The van der Waals surface area contributed by atoms with E-state index in [0.29, 0.717) is 6.54 Å². The van der Waals surface area contributed by atoms with Crippen LogP contribution in [0, 0.1) is 0 Å². The topological polar surface area (TPSA) is 66.6 Å². The summed E-state index contributed by atoms with van der Waals surface area (Å²) in [6, 6.07) is 16.4. The summed E-state index contributed by atoms with van der Waals surface area (Å²) >= 11 is 0. The lowest BCUT2D eigenvalue weighted by atomic mass is 10.1. The van der Waals surface area contributed by atoms with Gasteiger partial charge >= 0.3 is 0 Å². The van der Waals surface area contributed by atoms with E-state index in [1.54, 1.807) is 0 Å². The molecule has 6 nitrogen and oxygen atoms in total. The normalized spacial score (nSPS) is 11.2. The van der Waals surface area contributed by atoms with E-state index < -0.39 is 0 Å². The molecule has 2 aromatic heterocycles. The quantitative estimate of drug-likeness (QED) is 0.321. The van der Waals surface area contributed by atoms with Crippen molar-refractivity contribution in [3.63, 3.8) is 0 Å². The van der Waals surface area contributed by atoms with Crippen LogP contribution in [0.2, 0.25) is 0 Å². The lowest BCUT2D eigenvalue weighted by molar-refractivity contribution is 0.785. The summed E-state index contributed by atoms with van der Waals surface area (Å²) < 4.78 is 2.01. The fourth-order valence-corrected chi connectivity index (χ4v) is 2.64. The van der Waals surface area contributed by atoms with E-state index in [0.717, 1.165) is 43.4 Å². The van der Waals surface area contributed by atoms with E-state index in [1.165, 1.54) is 5.56 Å². The van der Waals surface area contributed by atoms with E-state index in [2.05, 4.69) is 57.0 Å². The maximum atomic E-state index is 4.64. The van der Waals surface area contributed by atoms with E-state index in [9.17, 15) is 0 Å². The van der Waals surface area contributed by atoms with Crippen LogP contribution in [0.15, 0.2) is 59.7 Å². The van der Waals surface area contributed by atoms with Crippen molar-refractivity contribution in [2.75, 3.05) is 19.6 Å². The molecule has 138 valence electrons. The zero-order chi connectivity index (χ0) is 17.3. The van der Waals surface area contributed by atoms with Crippen LogP contribution in [0.3, 0.4) is 0 Å². The Balaban J connectivity index is 0.00000243. The number of nitrogens with zero attached hydrogens (tertiary/aromatic N) is 4. The SMILES string of the molecule is CCNC(=NCCc1nnc2ccccn12)NCCc1ccccc1.I. The van der Waals surface area contributed by atoms with E-state index in [1.807, 2.05) is 34.9 Å². The van der Waals surface area contributed by atoms with Crippen molar-refractivity contribution in [3.05, 3.63) is 66.1 Å². The summed E-state index contributed by atoms with van der Waals surface area (Å²) in [5.74, 6) is 1.77. The van der Waals surface area contributed by atoms with E-state index in [-0.39, 0.29) is 24.0 Å². The van der Waals surface area contributed by atoms with Crippen molar-refractivity contribution in [1.29, 1.82) is 0 Å². The molecule has 1 aromatic carbocycles. The van der Waals surface area contributed by atoms with Crippen molar-refractivity contribution in [2.45, 2.75) is 19.8 Å². The van der Waals surface area contributed by atoms with Gasteiger partial charge in [0.15, 0.2) is 11.6 Å². The van der Waals surface area contributed by atoms with Crippen LogP contribution in [0.4, 0.5) is 0 Å². The lowest BCUT2D eigenvalue weighted by Crippen LogP contribution is -2.38. The number of hydrogen-bond acceptors (Lipinski definition) is 3. The average molecular weight is 464 g/mol. The molecule has 0 spiro atoms. The zero-order valence-corrected chi connectivity index (χ0v) is 17.3. The van der Waals surface area contributed by atoms with Gasteiger partial charge in [-0.05, 0) is 31.0 Å². The maximum absolute atomic E-state index is 4.64. The molecular formula is C19H25IN6. The van der Waals surface area contributed by atoms with Gasteiger partial charge in [-0.1, -0.05) is 36.4 Å². The van der Waals surface area contributed by atoms with Crippen LogP contribution in [0.5, 0.6) is 0 Å². The molecule has 0 aliphatic rings. The largest absolute Gasteiger partial charge is 0.357 e. The maximum Gasteiger partial charge on any atom is 0.191 e. The smallest absolute Gasteiger partial charge is 0.191 e. The first-order chi connectivity index (χ1) is 12.4. The highest BCUT2D eigenvalue weighted by Gasteiger charge is 2.04. The van der Waals surface area contributed by atoms with Crippen molar-refractivity contribution in [1.82, 2.24) is 25.2 Å². The monoisotopic (exact) mass is 464 g/mol. The second-order valence-corrected chi connectivity index (χ2v) is 5.72. The molecule has 0 amide bonds. The van der Waals surface area contributed by atoms with Gasteiger partial charge in [-0.2, -0.15) is 0 Å². The average Bonchev–Trinajstić information content (AvgIpc) is 3.06. The molecule has 0 saturated heterocycles. The third-order valence-electron chi connectivity index (χ3n) is 3.88. The summed E-state index contributed by atoms with van der Waals surface area (Å²) in [6.07, 6.45) is 3.71. The van der Waals surface area contributed by atoms with Gasteiger partial charge in [-0.15, -0.1) is 34.2 Å². The van der Waals surface area contributed by atoms with Gasteiger partial charge in [-0.3, -0.25) is 9.39 Å². The number of pyridine rings is 1. The van der Waals surface area contributed by atoms with E-state index >= 15 is 0 Å². The second-order valence-electron chi connectivity index (χ2n) is 5.72. The van der Waals surface area contributed by atoms with Crippen LogP contribution >= 0.6 is 24.0 Å². The lowest BCUT2D eigenvalue weighted by Gasteiger charge is -2.11. The third kappa shape index (κ3) is 5.69. The minimum atomic E-state index is 0. The first-order valence-electron chi connectivity index (χ1n) is 8.71. The molecule has 0 radical (unpaired) electrons. The first-order valence-corrected chi connectivity index (χ1v) is 8.71. The summed E-state index contributed by atoms with van der Waals surface area (Å²) in [6.45, 7) is 4.42. The Labute approximate surface area is 171 Å². The molecule has 0 aliphatic carbocycles. The second kappa shape index (κ2) is 10.7. The van der Waals surface area contributed by atoms with Crippen molar-refractivity contribution in [2.24, 2.45) is 4.99 Å². The zero-order valence-electron chi connectivity index (χ0n) is 14.9. The van der Waals surface area contributed by atoms with Gasteiger partial charge in [0.05, 0.1) is 0 Å². The summed E-state index contributed by atoms with van der Waals surface area (Å²) in [7, 11) is 0. The van der Waals surface area contributed by atoms with Gasteiger partial charge in [0.1, 0.15) is 5.82 Å². The van der Waals surface area contributed by atoms with Gasteiger partial charge in [0.2, 0.25) is 0 Å². The van der Waals surface area contributed by atoms with Gasteiger partial charge in [0.25, 0.3) is 0 Å². The molecule has 7 heteroatoms. The van der Waals surface area contributed by atoms with Crippen LogP contribution in [0.25, 0.3) is 5.65 Å². The number of aromatic nitrogens is 3. The predicted molar refractivity (Wildman–Crippen MR) is 116 cm³/mol. The van der Waals surface area contributed by atoms with Crippen LogP contribution < -0.4 is 10.6 Å². The minimum Gasteiger partial charge on any atom is -0.357 e. The van der Waals surface area contributed by atoms with Gasteiger partial charge in [0, 0.05) is 32.3 Å². The summed E-state index contributed by atoms with van der Waals surface area (Å²) in [4.78, 5) is 4.64. The van der Waals surface area contributed by atoms with E-state index in [4.69, 9.17) is 0 Å². The molecule has 3 aromatic rings. The molecule has 2 N–H and O–H groups in total. The fourth-order valence-electron chi connectivity index (χ4n) is 2.64. The molecule has 0 bridgehead atoms. The Morgan fingerprint density at radius 2 is 1.81 bits per heavy atom. The minimum absolute atomic E-state index is 0. The Morgan fingerprint density at radius 1 is 1.00 bits per heavy atom. The molecular weight excluding hydrogens is 439 g/mol. The van der Waals surface area contributed by atoms with Gasteiger partial charge in [-0.25, -0.2) is 0 Å². The highest BCUT2D eigenvalue weighted by Crippen LogP contribution is 2.03. The Bertz CT molecular complexity index is 815. The van der Waals surface area contributed by atoms with Crippen molar-refractivity contribution in [3.8, 4) is 0 Å². The van der Waals surface area contributed by atoms with Crippen molar-refractivity contribution < 1.29 is 0 Å². The highest BCUT2D eigenvalue weighted by molar-refractivity contribution is 14.0. The van der Waals surface area contributed by atoms with Crippen LogP contribution in [-0.2, 0) is 12.8 Å². The molecule has 0 aliphatic heterocycles.